The molecule has 0 aliphatic heterocycles. The van der Waals surface area contributed by atoms with Crippen molar-refractivity contribution in [1.29, 1.82) is 0 Å². The molecule has 7 nitrogen and oxygen atoms in total. The molecule has 0 saturated heterocycles. The van der Waals surface area contributed by atoms with Crippen molar-refractivity contribution in [3.63, 3.8) is 0 Å². The number of aliphatic imine (C=N–C) groups is 1. The van der Waals surface area contributed by atoms with E-state index >= 15 is 0 Å². The van der Waals surface area contributed by atoms with Crippen LogP contribution in [0.3, 0.4) is 0 Å². The summed E-state index contributed by atoms with van der Waals surface area (Å²) in [6.07, 6.45) is 0.386. The van der Waals surface area contributed by atoms with Crippen molar-refractivity contribution < 1.29 is 9.53 Å². The zero-order valence-corrected chi connectivity index (χ0v) is 21.2. The van der Waals surface area contributed by atoms with Gasteiger partial charge in [-0.1, -0.05) is 29.8 Å². The minimum Gasteiger partial charge on any atom is -0.444 e. The Morgan fingerprint density at radius 1 is 1.10 bits per heavy atom. The predicted molar refractivity (Wildman–Crippen MR) is 131 cm³/mol. The first kappa shape index (κ1) is 27.5. The summed E-state index contributed by atoms with van der Waals surface area (Å²) in [6, 6.07) is 8.85. The number of ether oxygens (including phenoxy) is 1. The molecular weight excluding hydrogens is 481 g/mol. The Kier molecular flexibility index (Phi) is 12.9. The first-order valence-electron chi connectivity index (χ1n) is 9.76. The molecule has 0 aromatic heterocycles. The average Bonchev–Trinajstić information content (AvgIpc) is 2.59. The van der Waals surface area contributed by atoms with Crippen LogP contribution in [0, 0.1) is 6.92 Å². The lowest BCUT2D eigenvalue weighted by Gasteiger charge is -2.26. The molecule has 1 rings (SSSR count). The van der Waals surface area contributed by atoms with Gasteiger partial charge in [-0.2, -0.15) is 0 Å². The zero-order chi connectivity index (χ0) is 21.2. The summed E-state index contributed by atoms with van der Waals surface area (Å²) < 4.78 is 5.21. The summed E-state index contributed by atoms with van der Waals surface area (Å²) in [5.74, 6) is 0.747. The highest BCUT2D eigenvalue weighted by molar-refractivity contribution is 14.0. The summed E-state index contributed by atoms with van der Waals surface area (Å²) in [4.78, 5) is 18.1. The molecule has 0 radical (unpaired) electrons. The Morgan fingerprint density at radius 3 is 2.21 bits per heavy atom. The van der Waals surface area contributed by atoms with Crippen molar-refractivity contribution in [3.05, 3.63) is 35.4 Å². The molecule has 1 aromatic rings. The van der Waals surface area contributed by atoms with Crippen molar-refractivity contribution in [1.82, 2.24) is 20.9 Å². The van der Waals surface area contributed by atoms with Gasteiger partial charge in [0, 0.05) is 26.7 Å². The van der Waals surface area contributed by atoms with Crippen molar-refractivity contribution in [2.24, 2.45) is 4.99 Å². The van der Waals surface area contributed by atoms with Crippen LogP contribution >= 0.6 is 24.0 Å². The number of likely N-dealkylation sites (N-methyl/N-ethyl adjacent to an activating group) is 1. The molecule has 1 aromatic carbocycles. The number of halogens is 1. The number of rotatable bonds is 8. The predicted octanol–water partition coefficient (Wildman–Crippen LogP) is 3.30. The minimum absolute atomic E-state index is 0. The number of amides is 1. The number of alkyl carbamates (subject to hydrolysis) is 1. The summed E-state index contributed by atoms with van der Waals surface area (Å²) in [7, 11) is 5.90. The highest BCUT2D eigenvalue weighted by Gasteiger charge is 2.16. The molecule has 0 saturated carbocycles. The van der Waals surface area contributed by atoms with Gasteiger partial charge in [-0.15, -0.1) is 24.0 Å². The fraction of sp³-hybridized carbons (Fsp3) is 0.619. The monoisotopic (exact) mass is 519 g/mol. The van der Waals surface area contributed by atoms with Gasteiger partial charge in [-0.05, 0) is 53.8 Å². The summed E-state index contributed by atoms with van der Waals surface area (Å²) >= 11 is 0. The normalized spacial score (nSPS) is 12.8. The van der Waals surface area contributed by atoms with E-state index in [4.69, 9.17) is 4.74 Å². The van der Waals surface area contributed by atoms with Gasteiger partial charge in [0.1, 0.15) is 5.60 Å². The quantitative estimate of drug-likeness (QED) is 0.213. The molecule has 1 amide bonds. The second-order valence-electron chi connectivity index (χ2n) is 8.05. The third-order valence-corrected chi connectivity index (χ3v) is 4.09. The van der Waals surface area contributed by atoms with E-state index in [1.165, 1.54) is 11.1 Å². The summed E-state index contributed by atoms with van der Waals surface area (Å²) in [6.45, 7) is 9.63. The minimum atomic E-state index is -0.477. The number of hydrogen-bond donors (Lipinski definition) is 3. The molecule has 166 valence electrons. The summed E-state index contributed by atoms with van der Waals surface area (Å²) in [5.41, 5.74) is 2.04. The second kappa shape index (κ2) is 13.6. The molecule has 29 heavy (non-hydrogen) atoms. The molecule has 0 aliphatic rings. The summed E-state index contributed by atoms with van der Waals surface area (Å²) in [5, 5.41) is 9.41. The fourth-order valence-electron chi connectivity index (χ4n) is 2.60. The molecule has 8 heteroatoms. The second-order valence-corrected chi connectivity index (χ2v) is 8.05. The topological polar surface area (TPSA) is 78.0 Å². The van der Waals surface area contributed by atoms with Crippen LogP contribution in [-0.2, 0) is 4.74 Å². The van der Waals surface area contributed by atoms with Crippen LogP contribution in [0.15, 0.2) is 29.3 Å². The van der Waals surface area contributed by atoms with Gasteiger partial charge >= 0.3 is 6.09 Å². The fourth-order valence-corrected chi connectivity index (χ4v) is 2.60. The molecule has 0 bridgehead atoms. The number of carbonyl (C=O) groups excluding carboxylic acids is 1. The number of benzene rings is 1. The van der Waals surface area contributed by atoms with E-state index < -0.39 is 5.60 Å². The van der Waals surface area contributed by atoms with E-state index in [0.717, 1.165) is 18.9 Å². The van der Waals surface area contributed by atoms with Crippen LogP contribution < -0.4 is 16.0 Å². The lowest BCUT2D eigenvalue weighted by molar-refractivity contribution is 0.0527. The molecule has 1 atom stereocenters. The maximum absolute atomic E-state index is 11.6. The number of nitrogens with one attached hydrogen (secondary N) is 3. The standard InChI is InChI=1S/C21H37N5O2.HI/c1-16-9-11-17(12-10-16)18(26(6)7)15-25-19(22-5)23-13-8-14-24-20(27)28-21(2,3)4;/h9-12,18H,8,13-15H2,1-7H3,(H,24,27)(H2,22,23,25);1H. The maximum atomic E-state index is 11.6. The molecule has 1 unspecified atom stereocenters. The third-order valence-electron chi connectivity index (χ3n) is 4.09. The Labute approximate surface area is 193 Å². The number of nitrogens with zero attached hydrogens (tertiary/aromatic N) is 2. The van der Waals surface area contributed by atoms with Gasteiger partial charge in [-0.3, -0.25) is 4.99 Å². The number of carbonyl (C=O) groups is 1. The van der Waals surface area contributed by atoms with E-state index in [2.05, 4.69) is 71.1 Å². The van der Waals surface area contributed by atoms with E-state index in [1.807, 2.05) is 20.8 Å². The SMILES string of the molecule is CN=C(NCCCNC(=O)OC(C)(C)C)NCC(c1ccc(C)cc1)N(C)C.I. The van der Waals surface area contributed by atoms with Crippen LogP contribution in [0.2, 0.25) is 0 Å². The van der Waals surface area contributed by atoms with Gasteiger partial charge in [0.15, 0.2) is 5.96 Å². The Morgan fingerprint density at radius 2 is 1.69 bits per heavy atom. The van der Waals surface area contributed by atoms with Crippen LogP contribution in [0.5, 0.6) is 0 Å². The van der Waals surface area contributed by atoms with Gasteiger partial charge < -0.3 is 25.6 Å². The molecule has 0 fully saturated rings. The van der Waals surface area contributed by atoms with Crippen LogP contribution in [0.1, 0.15) is 44.4 Å². The number of hydrogen-bond acceptors (Lipinski definition) is 4. The van der Waals surface area contributed by atoms with Gasteiger partial charge in [-0.25, -0.2) is 4.79 Å². The van der Waals surface area contributed by atoms with Gasteiger partial charge in [0.25, 0.3) is 0 Å². The van der Waals surface area contributed by atoms with E-state index in [1.54, 1.807) is 7.05 Å². The third kappa shape index (κ3) is 11.9. The van der Waals surface area contributed by atoms with Crippen molar-refractivity contribution in [2.75, 3.05) is 40.8 Å². The first-order valence-corrected chi connectivity index (χ1v) is 9.76. The van der Waals surface area contributed by atoms with Crippen LogP contribution in [0.25, 0.3) is 0 Å². The average molecular weight is 519 g/mol. The van der Waals surface area contributed by atoms with Crippen molar-refractivity contribution in [2.45, 2.75) is 45.8 Å². The highest BCUT2D eigenvalue weighted by atomic mass is 127. The van der Waals surface area contributed by atoms with Crippen LogP contribution in [0.4, 0.5) is 4.79 Å². The molecular formula is C21H38IN5O2. The first-order chi connectivity index (χ1) is 13.1. The molecule has 0 heterocycles. The lowest BCUT2D eigenvalue weighted by Crippen LogP contribution is -2.42. The smallest absolute Gasteiger partial charge is 0.407 e. The Balaban J connectivity index is 0.00000784. The van der Waals surface area contributed by atoms with Crippen LogP contribution in [-0.4, -0.2) is 63.3 Å². The largest absolute Gasteiger partial charge is 0.444 e. The van der Waals surface area contributed by atoms with E-state index in [9.17, 15) is 4.79 Å². The van der Waals surface area contributed by atoms with Gasteiger partial charge in [0.2, 0.25) is 0 Å². The molecule has 0 aliphatic carbocycles. The van der Waals surface area contributed by atoms with Crippen molar-refractivity contribution in [3.8, 4) is 0 Å². The molecule has 0 spiro atoms. The van der Waals surface area contributed by atoms with Crippen molar-refractivity contribution >= 4 is 36.0 Å². The molecule has 3 N–H and O–H groups in total. The lowest BCUT2D eigenvalue weighted by atomic mass is 10.0. The Bertz CT molecular complexity index is 627. The highest BCUT2D eigenvalue weighted by Crippen LogP contribution is 2.17. The maximum Gasteiger partial charge on any atom is 0.407 e. The number of guanidine groups is 1. The zero-order valence-electron chi connectivity index (χ0n) is 18.8. The van der Waals surface area contributed by atoms with E-state index in [-0.39, 0.29) is 36.1 Å². The van der Waals surface area contributed by atoms with Gasteiger partial charge in [0.05, 0.1) is 6.04 Å². The Hall–Kier alpha value is -1.55. The van der Waals surface area contributed by atoms with E-state index in [0.29, 0.717) is 13.1 Å². The number of aryl methyl sites for hydroxylation is 1.